The molecule has 6 nitrogen and oxygen atoms in total. The Labute approximate surface area is 155 Å². The summed E-state index contributed by atoms with van der Waals surface area (Å²) in [7, 11) is 3.10. The summed E-state index contributed by atoms with van der Waals surface area (Å²) >= 11 is 1.29. The number of hydrogen-bond donors (Lipinski definition) is 1. The van der Waals surface area contributed by atoms with Crippen LogP contribution >= 0.6 is 11.8 Å². The molecule has 1 N–H and O–H groups in total. The average Bonchev–Trinajstić information content (AvgIpc) is 3.15. The number of aromatic nitrogens is 3. The Bertz CT molecular complexity index is 907. The number of hydrogen-bond acceptors (Lipinski definition) is 6. The highest BCUT2D eigenvalue weighted by atomic mass is 32.2. The number of ketones is 1. The summed E-state index contributed by atoms with van der Waals surface area (Å²) in [5.41, 5.74) is 2.70. The second-order valence-corrected chi connectivity index (χ2v) is 6.56. The summed E-state index contributed by atoms with van der Waals surface area (Å²) < 4.78 is 10.4. The lowest BCUT2D eigenvalue weighted by atomic mass is 10.1. The number of benzene rings is 2. The molecule has 3 rings (SSSR count). The van der Waals surface area contributed by atoms with Gasteiger partial charge in [0.2, 0.25) is 5.16 Å². The highest BCUT2D eigenvalue weighted by Gasteiger charge is 2.13. The Morgan fingerprint density at radius 1 is 1.08 bits per heavy atom. The van der Waals surface area contributed by atoms with Crippen LogP contribution < -0.4 is 9.47 Å². The van der Waals surface area contributed by atoms with Crippen molar-refractivity contribution in [1.82, 2.24) is 15.2 Å². The van der Waals surface area contributed by atoms with Gasteiger partial charge >= 0.3 is 0 Å². The predicted octanol–water partition coefficient (Wildman–Crippen LogP) is 3.77. The molecule has 0 saturated carbocycles. The van der Waals surface area contributed by atoms with Crippen molar-refractivity contribution in [2.45, 2.75) is 12.1 Å². The van der Waals surface area contributed by atoms with E-state index < -0.39 is 0 Å². The lowest BCUT2D eigenvalue weighted by Gasteiger charge is -2.08. The van der Waals surface area contributed by atoms with Crippen LogP contribution in [0.3, 0.4) is 0 Å². The highest BCUT2D eigenvalue weighted by Crippen LogP contribution is 2.28. The monoisotopic (exact) mass is 369 g/mol. The molecule has 0 aliphatic carbocycles. The van der Waals surface area contributed by atoms with E-state index in [1.807, 2.05) is 31.2 Å². The Morgan fingerprint density at radius 2 is 1.81 bits per heavy atom. The Hall–Kier alpha value is -2.80. The van der Waals surface area contributed by atoms with E-state index in [2.05, 4.69) is 15.2 Å². The van der Waals surface area contributed by atoms with Crippen molar-refractivity contribution in [2.75, 3.05) is 20.0 Å². The minimum atomic E-state index is -0.0300. The summed E-state index contributed by atoms with van der Waals surface area (Å²) in [6.45, 7) is 2.03. The first-order valence-corrected chi connectivity index (χ1v) is 8.96. The number of carbonyl (C=O) groups is 1. The second kappa shape index (κ2) is 8.05. The van der Waals surface area contributed by atoms with Crippen LogP contribution in [0.15, 0.2) is 47.6 Å². The number of Topliss-reactive ketones (excluding diaryl/α,β-unsaturated/α-hetero) is 1. The van der Waals surface area contributed by atoms with E-state index in [1.165, 1.54) is 17.3 Å². The van der Waals surface area contributed by atoms with Gasteiger partial charge in [0.05, 0.1) is 20.0 Å². The molecule has 0 fully saturated rings. The zero-order valence-electron chi connectivity index (χ0n) is 14.8. The highest BCUT2D eigenvalue weighted by molar-refractivity contribution is 7.99. The first kappa shape index (κ1) is 18.0. The molecule has 0 atom stereocenters. The standard InChI is InChI=1S/C19H19N3O3S/c1-12-4-6-13(7-5-12)18-20-19(22-21-18)26-11-15(23)14-8-9-16(24-2)17(10-14)25-3/h4-10H,11H2,1-3H3,(H,20,21,22). The van der Waals surface area contributed by atoms with Gasteiger partial charge in [0.15, 0.2) is 23.1 Å². The van der Waals surface area contributed by atoms with E-state index in [4.69, 9.17) is 9.47 Å². The fourth-order valence-corrected chi connectivity index (χ4v) is 3.07. The van der Waals surface area contributed by atoms with E-state index in [1.54, 1.807) is 32.4 Å². The van der Waals surface area contributed by atoms with Crippen LogP contribution in [-0.4, -0.2) is 40.9 Å². The molecule has 0 saturated heterocycles. The van der Waals surface area contributed by atoms with Gasteiger partial charge in [-0.1, -0.05) is 41.6 Å². The molecule has 0 aliphatic rings. The molecule has 0 unspecified atom stereocenters. The number of carbonyl (C=O) groups excluding carboxylic acids is 1. The second-order valence-electron chi connectivity index (χ2n) is 5.61. The van der Waals surface area contributed by atoms with E-state index in [9.17, 15) is 4.79 Å². The summed E-state index contributed by atoms with van der Waals surface area (Å²) in [6, 6.07) is 13.1. The van der Waals surface area contributed by atoms with Gasteiger partial charge in [-0.05, 0) is 25.1 Å². The Morgan fingerprint density at radius 3 is 2.50 bits per heavy atom. The molecule has 26 heavy (non-hydrogen) atoms. The van der Waals surface area contributed by atoms with Crippen molar-refractivity contribution in [3.8, 4) is 22.9 Å². The third-order valence-electron chi connectivity index (χ3n) is 3.83. The van der Waals surface area contributed by atoms with Gasteiger partial charge in [-0.15, -0.1) is 5.10 Å². The first-order chi connectivity index (χ1) is 12.6. The largest absolute Gasteiger partial charge is 0.493 e. The molecule has 0 aliphatic heterocycles. The molecule has 2 aromatic carbocycles. The van der Waals surface area contributed by atoms with Gasteiger partial charge in [-0.3, -0.25) is 9.89 Å². The molecule has 0 bridgehead atoms. The van der Waals surface area contributed by atoms with E-state index in [0.29, 0.717) is 28.0 Å². The molecule has 3 aromatic rings. The van der Waals surface area contributed by atoms with Crippen LogP contribution in [0.25, 0.3) is 11.4 Å². The third kappa shape index (κ3) is 4.05. The number of thioether (sulfide) groups is 1. The van der Waals surface area contributed by atoms with E-state index >= 15 is 0 Å². The minimum Gasteiger partial charge on any atom is -0.493 e. The number of ether oxygens (including phenoxy) is 2. The smallest absolute Gasteiger partial charge is 0.209 e. The lowest BCUT2D eigenvalue weighted by Crippen LogP contribution is -2.03. The summed E-state index contributed by atoms with van der Waals surface area (Å²) in [4.78, 5) is 16.9. The van der Waals surface area contributed by atoms with Crippen molar-refractivity contribution in [3.05, 3.63) is 53.6 Å². The molecule has 7 heteroatoms. The van der Waals surface area contributed by atoms with Gasteiger partial charge < -0.3 is 9.47 Å². The third-order valence-corrected chi connectivity index (χ3v) is 4.68. The predicted molar refractivity (Wildman–Crippen MR) is 101 cm³/mol. The maximum atomic E-state index is 12.4. The fourth-order valence-electron chi connectivity index (χ4n) is 2.37. The van der Waals surface area contributed by atoms with Crippen LogP contribution in [0, 0.1) is 6.92 Å². The maximum absolute atomic E-state index is 12.4. The fraction of sp³-hybridized carbons (Fsp3) is 0.211. The van der Waals surface area contributed by atoms with E-state index in [0.717, 1.165) is 5.56 Å². The maximum Gasteiger partial charge on any atom is 0.209 e. The molecule has 1 aromatic heterocycles. The number of methoxy groups -OCH3 is 2. The Kier molecular flexibility index (Phi) is 5.58. The van der Waals surface area contributed by atoms with Gasteiger partial charge in [0.1, 0.15) is 0 Å². The summed E-state index contributed by atoms with van der Waals surface area (Å²) in [5, 5.41) is 7.62. The number of aryl methyl sites for hydroxylation is 1. The van der Waals surface area contributed by atoms with Crippen molar-refractivity contribution < 1.29 is 14.3 Å². The van der Waals surface area contributed by atoms with Gasteiger partial charge in [0, 0.05) is 11.1 Å². The molecular weight excluding hydrogens is 350 g/mol. The topological polar surface area (TPSA) is 77.1 Å². The van der Waals surface area contributed by atoms with Crippen molar-refractivity contribution in [2.24, 2.45) is 0 Å². The van der Waals surface area contributed by atoms with Crippen LogP contribution in [0.4, 0.5) is 0 Å². The van der Waals surface area contributed by atoms with Gasteiger partial charge in [-0.2, -0.15) is 0 Å². The number of aromatic amines is 1. The van der Waals surface area contributed by atoms with Crippen LogP contribution in [0.2, 0.25) is 0 Å². The van der Waals surface area contributed by atoms with Crippen LogP contribution in [0.1, 0.15) is 15.9 Å². The molecule has 0 radical (unpaired) electrons. The number of H-pyrrole nitrogens is 1. The van der Waals surface area contributed by atoms with Crippen LogP contribution in [-0.2, 0) is 0 Å². The quantitative estimate of drug-likeness (QED) is 0.505. The lowest BCUT2D eigenvalue weighted by molar-refractivity contribution is 0.102. The SMILES string of the molecule is COc1ccc(C(=O)CSc2n[nH]c(-c3ccc(C)cc3)n2)cc1OC. The van der Waals surface area contributed by atoms with E-state index in [-0.39, 0.29) is 11.5 Å². The molecule has 0 amide bonds. The van der Waals surface area contributed by atoms with Crippen LogP contribution in [0.5, 0.6) is 11.5 Å². The Balaban J connectivity index is 1.66. The number of nitrogens with one attached hydrogen (secondary N) is 1. The molecule has 1 heterocycles. The molecule has 0 spiro atoms. The molecule has 134 valence electrons. The molecular formula is C19H19N3O3S. The first-order valence-electron chi connectivity index (χ1n) is 7.98. The number of rotatable bonds is 7. The van der Waals surface area contributed by atoms with Crippen molar-refractivity contribution >= 4 is 17.5 Å². The summed E-state index contributed by atoms with van der Waals surface area (Å²) in [6.07, 6.45) is 0. The normalized spacial score (nSPS) is 10.6. The zero-order chi connectivity index (χ0) is 18.5. The number of nitrogens with zero attached hydrogens (tertiary/aromatic N) is 2. The van der Waals surface area contributed by atoms with Crippen molar-refractivity contribution in [3.63, 3.8) is 0 Å². The van der Waals surface area contributed by atoms with Gasteiger partial charge in [0.25, 0.3) is 0 Å². The minimum absolute atomic E-state index is 0.0300. The zero-order valence-corrected chi connectivity index (χ0v) is 15.6. The van der Waals surface area contributed by atoms with Gasteiger partial charge in [-0.25, -0.2) is 4.98 Å². The average molecular weight is 369 g/mol. The van der Waals surface area contributed by atoms with Crippen molar-refractivity contribution in [1.29, 1.82) is 0 Å². The summed E-state index contributed by atoms with van der Waals surface area (Å²) in [5.74, 6) is 2.01.